The summed E-state index contributed by atoms with van der Waals surface area (Å²) >= 11 is 0. The Labute approximate surface area is 114 Å². The molecule has 0 bridgehead atoms. The summed E-state index contributed by atoms with van der Waals surface area (Å²) in [6.45, 7) is 5.87. The van der Waals surface area contributed by atoms with Crippen LogP contribution < -0.4 is 16.0 Å². The molecule has 2 aliphatic heterocycles. The van der Waals surface area contributed by atoms with Gasteiger partial charge in [-0.05, 0) is 31.7 Å². The molecule has 6 nitrogen and oxygen atoms in total. The topological polar surface area (TPSA) is 73.5 Å². The van der Waals surface area contributed by atoms with Gasteiger partial charge in [0, 0.05) is 25.7 Å². The van der Waals surface area contributed by atoms with Crippen LogP contribution in [-0.4, -0.2) is 55.6 Å². The van der Waals surface area contributed by atoms with E-state index in [0.717, 1.165) is 32.5 Å². The van der Waals surface area contributed by atoms with Crippen molar-refractivity contribution in [1.29, 1.82) is 0 Å². The summed E-state index contributed by atoms with van der Waals surface area (Å²) in [5.41, 5.74) is 0. The molecule has 0 radical (unpaired) electrons. The second kappa shape index (κ2) is 6.86. The second-order valence-corrected chi connectivity index (χ2v) is 5.44. The van der Waals surface area contributed by atoms with Gasteiger partial charge in [0.15, 0.2) is 0 Å². The predicted molar refractivity (Wildman–Crippen MR) is 72.8 cm³/mol. The third kappa shape index (κ3) is 4.18. The monoisotopic (exact) mass is 268 g/mol. The first-order valence-corrected chi connectivity index (χ1v) is 7.22. The van der Waals surface area contributed by atoms with Crippen molar-refractivity contribution in [3.8, 4) is 0 Å². The number of likely N-dealkylation sites (tertiary alicyclic amines) is 1. The molecule has 6 heteroatoms. The molecule has 0 aromatic heterocycles. The number of piperidine rings is 1. The van der Waals surface area contributed by atoms with Crippen LogP contribution >= 0.6 is 0 Å². The number of hydrogen-bond acceptors (Lipinski definition) is 4. The van der Waals surface area contributed by atoms with Gasteiger partial charge in [0.25, 0.3) is 0 Å². The highest BCUT2D eigenvalue weighted by Crippen LogP contribution is 2.24. The van der Waals surface area contributed by atoms with Gasteiger partial charge in [0.1, 0.15) is 0 Å². The molecule has 2 heterocycles. The van der Waals surface area contributed by atoms with E-state index in [1.165, 1.54) is 6.42 Å². The van der Waals surface area contributed by atoms with E-state index in [2.05, 4.69) is 20.9 Å². The molecule has 3 amide bonds. The lowest BCUT2D eigenvalue weighted by molar-refractivity contribution is -0.121. The Kier molecular flexibility index (Phi) is 5.15. The van der Waals surface area contributed by atoms with Gasteiger partial charge < -0.3 is 10.6 Å². The summed E-state index contributed by atoms with van der Waals surface area (Å²) in [6.07, 6.45) is 3.16. The molecule has 2 rings (SSSR count). The minimum Gasteiger partial charge on any atom is -0.338 e. The maximum absolute atomic E-state index is 11.7. The Bertz CT molecular complexity index is 335. The normalized spacial score (nSPS) is 26.8. The molecule has 108 valence electrons. The Morgan fingerprint density at radius 2 is 2.21 bits per heavy atom. The minimum atomic E-state index is -0.385. The van der Waals surface area contributed by atoms with Crippen LogP contribution in [0.5, 0.6) is 0 Å². The lowest BCUT2D eigenvalue weighted by Gasteiger charge is -2.34. The minimum absolute atomic E-state index is 0.210. The van der Waals surface area contributed by atoms with E-state index in [0.29, 0.717) is 25.0 Å². The van der Waals surface area contributed by atoms with Gasteiger partial charge >= 0.3 is 6.03 Å². The molecule has 0 aromatic carbocycles. The second-order valence-electron chi connectivity index (χ2n) is 5.44. The summed E-state index contributed by atoms with van der Waals surface area (Å²) in [5, 5.41) is 8.51. The van der Waals surface area contributed by atoms with Gasteiger partial charge in [0.05, 0.1) is 6.54 Å². The Morgan fingerprint density at radius 1 is 1.37 bits per heavy atom. The largest absolute Gasteiger partial charge is 0.338 e. The molecule has 0 spiro atoms. The van der Waals surface area contributed by atoms with Crippen molar-refractivity contribution in [1.82, 2.24) is 20.9 Å². The highest BCUT2D eigenvalue weighted by Gasteiger charge is 2.33. The van der Waals surface area contributed by atoms with Gasteiger partial charge in [-0.25, -0.2) is 4.79 Å². The smallest absolute Gasteiger partial charge is 0.321 e. The van der Waals surface area contributed by atoms with Crippen LogP contribution in [0.25, 0.3) is 0 Å². The summed E-state index contributed by atoms with van der Waals surface area (Å²) in [6, 6.07) is 0.247. The van der Waals surface area contributed by atoms with E-state index in [4.69, 9.17) is 0 Å². The van der Waals surface area contributed by atoms with Gasteiger partial charge in [-0.2, -0.15) is 0 Å². The van der Waals surface area contributed by atoms with E-state index in [9.17, 15) is 9.59 Å². The zero-order valence-corrected chi connectivity index (χ0v) is 11.6. The van der Waals surface area contributed by atoms with E-state index in [-0.39, 0.29) is 11.9 Å². The maximum atomic E-state index is 11.7. The average Bonchev–Trinajstić information content (AvgIpc) is 2.83. The number of imide groups is 1. The van der Waals surface area contributed by atoms with E-state index < -0.39 is 0 Å². The molecule has 2 aliphatic rings. The number of urea groups is 1. The van der Waals surface area contributed by atoms with Gasteiger partial charge in [0.2, 0.25) is 5.91 Å². The molecule has 2 unspecified atom stereocenters. The van der Waals surface area contributed by atoms with Crippen molar-refractivity contribution in [2.24, 2.45) is 5.92 Å². The highest BCUT2D eigenvalue weighted by atomic mass is 16.2. The van der Waals surface area contributed by atoms with Crippen molar-refractivity contribution in [2.45, 2.75) is 32.2 Å². The summed E-state index contributed by atoms with van der Waals surface area (Å²) in [5.74, 6) is 0.452. The maximum Gasteiger partial charge on any atom is 0.321 e. The van der Waals surface area contributed by atoms with Crippen LogP contribution in [0.2, 0.25) is 0 Å². The van der Waals surface area contributed by atoms with E-state index in [1.807, 2.05) is 6.92 Å². The number of rotatable bonds is 4. The summed E-state index contributed by atoms with van der Waals surface area (Å²) < 4.78 is 0. The molecule has 19 heavy (non-hydrogen) atoms. The number of carbonyl (C=O) groups is 2. The molecule has 0 aliphatic carbocycles. The zero-order valence-electron chi connectivity index (χ0n) is 11.6. The SMILES string of the molecule is CCCNC(=O)NC(=O)CN1CCC2NCCC2C1. The Morgan fingerprint density at radius 3 is 3.00 bits per heavy atom. The first-order valence-electron chi connectivity index (χ1n) is 7.22. The number of fused-ring (bicyclic) bond motifs is 1. The van der Waals surface area contributed by atoms with Crippen LogP contribution in [0.15, 0.2) is 0 Å². The molecule has 0 aromatic rings. The fourth-order valence-corrected chi connectivity index (χ4v) is 2.92. The first kappa shape index (κ1) is 14.3. The molecule has 2 saturated heterocycles. The lowest BCUT2D eigenvalue weighted by Crippen LogP contribution is -2.49. The highest BCUT2D eigenvalue weighted by molar-refractivity contribution is 5.95. The van der Waals surface area contributed by atoms with Crippen molar-refractivity contribution in [2.75, 3.05) is 32.7 Å². The Hall–Kier alpha value is -1.14. The van der Waals surface area contributed by atoms with Crippen molar-refractivity contribution in [3.05, 3.63) is 0 Å². The van der Waals surface area contributed by atoms with Gasteiger partial charge in [-0.15, -0.1) is 0 Å². The number of nitrogens with zero attached hydrogens (tertiary/aromatic N) is 1. The summed E-state index contributed by atoms with van der Waals surface area (Å²) in [7, 11) is 0. The number of hydrogen-bond donors (Lipinski definition) is 3. The number of amides is 3. The van der Waals surface area contributed by atoms with Crippen molar-refractivity contribution in [3.63, 3.8) is 0 Å². The van der Waals surface area contributed by atoms with E-state index in [1.54, 1.807) is 0 Å². The van der Waals surface area contributed by atoms with Crippen LogP contribution in [-0.2, 0) is 4.79 Å². The van der Waals surface area contributed by atoms with Gasteiger partial charge in [-0.1, -0.05) is 6.92 Å². The molecular formula is C13H24N4O2. The van der Waals surface area contributed by atoms with Crippen LogP contribution in [0.3, 0.4) is 0 Å². The standard InChI is InChI=1S/C13H24N4O2/c1-2-5-15-13(19)16-12(18)9-17-7-4-11-10(8-17)3-6-14-11/h10-11,14H,2-9H2,1H3,(H2,15,16,18,19). The fourth-order valence-electron chi connectivity index (χ4n) is 2.92. The number of carbonyl (C=O) groups excluding carboxylic acids is 2. The van der Waals surface area contributed by atoms with Crippen molar-refractivity contribution >= 4 is 11.9 Å². The summed E-state index contributed by atoms with van der Waals surface area (Å²) in [4.78, 5) is 25.3. The van der Waals surface area contributed by atoms with Gasteiger partial charge in [-0.3, -0.25) is 15.0 Å². The fraction of sp³-hybridized carbons (Fsp3) is 0.846. The van der Waals surface area contributed by atoms with Crippen LogP contribution in [0, 0.1) is 5.92 Å². The zero-order chi connectivity index (χ0) is 13.7. The molecule has 3 N–H and O–H groups in total. The third-order valence-corrected chi connectivity index (χ3v) is 3.90. The lowest BCUT2D eigenvalue weighted by atomic mass is 9.93. The molecule has 2 fully saturated rings. The number of nitrogens with one attached hydrogen (secondary N) is 3. The average molecular weight is 268 g/mol. The first-order chi connectivity index (χ1) is 9.19. The Balaban J connectivity index is 1.69. The van der Waals surface area contributed by atoms with Crippen LogP contribution in [0.4, 0.5) is 4.79 Å². The molecular weight excluding hydrogens is 244 g/mol. The van der Waals surface area contributed by atoms with E-state index >= 15 is 0 Å². The third-order valence-electron chi connectivity index (χ3n) is 3.90. The predicted octanol–water partition coefficient (Wildman–Crippen LogP) is -0.0940. The molecule has 2 atom stereocenters. The van der Waals surface area contributed by atoms with Crippen molar-refractivity contribution < 1.29 is 9.59 Å². The quantitative estimate of drug-likeness (QED) is 0.666. The molecule has 0 saturated carbocycles. The van der Waals surface area contributed by atoms with Crippen LogP contribution in [0.1, 0.15) is 26.2 Å².